The Bertz CT molecular complexity index is 2990. The van der Waals surface area contributed by atoms with E-state index in [1.807, 2.05) is 79.0 Å². The molecule has 3 aromatic heterocycles. The Morgan fingerprint density at radius 3 is 1.77 bits per heavy atom. The fraction of sp³-hybridized carbons (Fsp3) is 0. The molecule has 10 aromatic rings. The van der Waals surface area contributed by atoms with Gasteiger partial charge in [0.05, 0.1) is 34.1 Å². The van der Waals surface area contributed by atoms with E-state index < -0.39 is 7.14 Å². The van der Waals surface area contributed by atoms with Gasteiger partial charge < -0.3 is 4.57 Å². The van der Waals surface area contributed by atoms with E-state index in [2.05, 4.69) is 103 Å². The van der Waals surface area contributed by atoms with Crippen molar-refractivity contribution < 1.29 is 4.57 Å². The molecular formula is C47H30N3OP. The van der Waals surface area contributed by atoms with Crippen molar-refractivity contribution in [1.29, 1.82) is 0 Å². The molecule has 0 aliphatic carbocycles. The molecule has 0 saturated carbocycles. The minimum Gasteiger partial charge on any atom is -0.309 e. The highest BCUT2D eigenvalue weighted by Gasteiger charge is 2.29. The summed E-state index contributed by atoms with van der Waals surface area (Å²) in [5.74, 6) is 0. The molecule has 0 spiro atoms. The van der Waals surface area contributed by atoms with Crippen molar-refractivity contribution in [2.24, 2.45) is 0 Å². The van der Waals surface area contributed by atoms with Crippen molar-refractivity contribution in [2.75, 3.05) is 0 Å². The largest absolute Gasteiger partial charge is 0.309 e. The van der Waals surface area contributed by atoms with Crippen LogP contribution in [0.3, 0.4) is 0 Å². The van der Waals surface area contributed by atoms with E-state index in [-0.39, 0.29) is 0 Å². The van der Waals surface area contributed by atoms with Gasteiger partial charge in [0, 0.05) is 48.6 Å². The van der Waals surface area contributed by atoms with Crippen LogP contribution in [-0.4, -0.2) is 15.0 Å². The molecule has 5 heteroatoms. The topological polar surface area (TPSA) is 55.7 Å². The van der Waals surface area contributed by atoms with E-state index in [1.165, 1.54) is 10.8 Å². The first-order valence-corrected chi connectivity index (χ1v) is 19.1. The number of benzene rings is 7. The van der Waals surface area contributed by atoms with Crippen LogP contribution in [0, 0.1) is 0 Å². The van der Waals surface area contributed by atoms with Crippen LogP contribution in [0.25, 0.3) is 76.8 Å². The Kier molecular flexibility index (Phi) is 7.06. The summed E-state index contributed by atoms with van der Waals surface area (Å²) < 4.78 is 15.0. The van der Waals surface area contributed by atoms with Crippen LogP contribution in [0.15, 0.2) is 182 Å². The first-order chi connectivity index (χ1) is 25.6. The normalized spacial score (nSPS) is 11.9. The summed E-state index contributed by atoms with van der Waals surface area (Å²) in [5.41, 5.74) is 6.35. The molecule has 0 saturated heterocycles. The van der Waals surface area contributed by atoms with Gasteiger partial charge >= 0.3 is 0 Å². The molecule has 52 heavy (non-hydrogen) atoms. The van der Waals surface area contributed by atoms with E-state index in [0.29, 0.717) is 0 Å². The van der Waals surface area contributed by atoms with Crippen molar-refractivity contribution in [1.82, 2.24) is 15.0 Å². The highest BCUT2D eigenvalue weighted by molar-refractivity contribution is 7.85. The van der Waals surface area contributed by atoms with Crippen LogP contribution >= 0.6 is 7.14 Å². The Labute approximate surface area is 300 Å². The van der Waals surface area contributed by atoms with Gasteiger partial charge in [-0.25, -0.2) is 9.97 Å². The van der Waals surface area contributed by atoms with Crippen LogP contribution in [-0.2, 0) is 4.57 Å². The standard InChI is InChI=1S/C47H30N3OP/c51-52(36-13-3-1-4-14-36,37-15-5-2-6-16-37)38-25-21-32(22-26-38)45-40-18-10-9-17-39(40)44-41-27-23-33-24-28-42(49-46(33)47(41)48-30-43(44)50-45)35-20-19-31-11-7-8-12-34(31)29-35/h1-30H. The number of fused-ring (bicyclic) bond motifs is 8. The number of rotatable bonds is 5. The molecule has 3 heterocycles. The zero-order valence-electron chi connectivity index (χ0n) is 28.0. The molecule has 0 amide bonds. The molecule has 0 unspecified atom stereocenters. The Morgan fingerprint density at radius 1 is 0.423 bits per heavy atom. The minimum atomic E-state index is -3.09. The van der Waals surface area contributed by atoms with Crippen LogP contribution in [0.1, 0.15) is 0 Å². The van der Waals surface area contributed by atoms with Crippen LogP contribution in [0.4, 0.5) is 0 Å². The second-order valence-corrected chi connectivity index (χ2v) is 15.9. The minimum absolute atomic E-state index is 0.786. The molecule has 0 fully saturated rings. The maximum absolute atomic E-state index is 15.0. The van der Waals surface area contributed by atoms with Gasteiger partial charge in [-0.15, -0.1) is 0 Å². The second kappa shape index (κ2) is 12.1. The monoisotopic (exact) mass is 683 g/mol. The van der Waals surface area contributed by atoms with Crippen molar-refractivity contribution in [3.8, 4) is 22.5 Å². The summed E-state index contributed by atoms with van der Waals surface area (Å²) in [6, 6.07) is 59.5. The molecule has 0 atom stereocenters. The predicted molar refractivity (Wildman–Crippen MR) is 218 cm³/mol. The number of nitrogens with zero attached hydrogens (tertiary/aromatic N) is 3. The molecular weight excluding hydrogens is 654 g/mol. The van der Waals surface area contributed by atoms with Crippen LogP contribution in [0.2, 0.25) is 0 Å². The van der Waals surface area contributed by atoms with Gasteiger partial charge in [0.1, 0.15) is 0 Å². The summed E-state index contributed by atoms with van der Waals surface area (Å²) in [4.78, 5) is 15.5. The molecule has 0 aliphatic heterocycles. The first kappa shape index (κ1) is 30.4. The SMILES string of the molecule is O=P(c1ccccc1)(c1ccccc1)c1ccc(-c2nc3cnc4c(ccc5ccc(-c6ccc7ccccc7c6)nc54)c3c3ccccc23)cc1. The van der Waals surface area contributed by atoms with E-state index >= 15 is 0 Å². The fourth-order valence-corrected chi connectivity index (χ4v) is 10.2. The molecule has 7 aromatic carbocycles. The van der Waals surface area contributed by atoms with Crippen molar-refractivity contribution in [3.63, 3.8) is 0 Å². The van der Waals surface area contributed by atoms with Gasteiger partial charge in [-0.3, -0.25) is 4.98 Å². The Balaban J connectivity index is 1.12. The number of pyridine rings is 3. The maximum Gasteiger partial charge on any atom is 0.171 e. The van der Waals surface area contributed by atoms with E-state index in [1.54, 1.807) is 0 Å². The van der Waals surface area contributed by atoms with Gasteiger partial charge in [0.2, 0.25) is 0 Å². The summed E-state index contributed by atoms with van der Waals surface area (Å²) in [6.07, 6.45) is 1.88. The Hall–Kier alpha value is -6.48. The summed E-state index contributed by atoms with van der Waals surface area (Å²) in [6.45, 7) is 0. The van der Waals surface area contributed by atoms with Crippen molar-refractivity contribution in [3.05, 3.63) is 182 Å². The van der Waals surface area contributed by atoms with Crippen molar-refractivity contribution >= 4 is 77.3 Å². The third kappa shape index (κ3) is 4.84. The third-order valence-corrected chi connectivity index (χ3v) is 13.2. The van der Waals surface area contributed by atoms with E-state index in [9.17, 15) is 4.57 Å². The van der Waals surface area contributed by atoms with E-state index in [0.717, 1.165) is 81.9 Å². The van der Waals surface area contributed by atoms with Gasteiger partial charge in [-0.1, -0.05) is 164 Å². The van der Waals surface area contributed by atoms with Gasteiger partial charge in [-0.05, 0) is 28.3 Å². The average Bonchev–Trinajstić information content (AvgIpc) is 3.23. The smallest absolute Gasteiger partial charge is 0.171 e. The Morgan fingerprint density at radius 2 is 1.02 bits per heavy atom. The molecule has 0 bridgehead atoms. The number of hydrogen-bond acceptors (Lipinski definition) is 4. The molecule has 10 rings (SSSR count). The van der Waals surface area contributed by atoms with Crippen LogP contribution < -0.4 is 15.9 Å². The predicted octanol–water partition coefficient (Wildman–Crippen LogP) is 10.6. The zero-order valence-corrected chi connectivity index (χ0v) is 28.9. The lowest BCUT2D eigenvalue weighted by atomic mass is 9.97. The quantitative estimate of drug-likeness (QED) is 0.134. The zero-order chi connectivity index (χ0) is 34.6. The maximum atomic E-state index is 15.0. The lowest BCUT2D eigenvalue weighted by molar-refractivity contribution is 0.592. The van der Waals surface area contributed by atoms with Gasteiger partial charge in [0.15, 0.2) is 7.14 Å². The lowest BCUT2D eigenvalue weighted by Crippen LogP contribution is -2.24. The highest BCUT2D eigenvalue weighted by Crippen LogP contribution is 2.43. The summed E-state index contributed by atoms with van der Waals surface area (Å²) in [5, 5.41) is 10.1. The number of aromatic nitrogens is 3. The number of hydrogen-bond donors (Lipinski definition) is 0. The molecule has 4 nitrogen and oxygen atoms in total. The molecule has 0 N–H and O–H groups in total. The molecule has 0 aliphatic rings. The lowest BCUT2D eigenvalue weighted by Gasteiger charge is -2.20. The molecule has 0 radical (unpaired) electrons. The highest BCUT2D eigenvalue weighted by atomic mass is 31.2. The summed E-state index contributed by atoms with van der Waals surface area (Å²) >= 11 is 0. The third-order valence-electron chi connectivity index (χ3n) is 10.1. The summed E-state index contributed by atoms with van der Waals surface area (Å²) in [7, 11) is -3.09. The van der Waals surface area contributed by atoms with Crippen LogP contribution in [0.5, 0.6) is 0 Å². The fourth-order valence-electron chi connectivity index (χ4n) is 7.57. The van der Waals surface area contributed by atoms with Crippen molar-refractivity contribution in [2.45, 2.75) is 0 Å². The van der Waals surface area contributed by atoms with Gasteiger partial charge in [-0.2, -0.15) is 0 Å². The average molecular weight is 684 g/mol. The van der Waals surface area contributed by atoms with E-state index in [4.69, 9.17) is 15.0 Å². The molecule has 244 valence electrons. The second-order valence-electron chi connectivity index (χ2n) is 13.1. The first-order valence-electron chi connectivity index (χ1n) is 17.4. The van der Waals surface area contributed by atoms with Gasteiger partial charge in [0.25, 0.3) is 0 Å².